The standard InChI is InChI=1S/C16H20N8O3/c1-8(2)4-10(16-21-14(23-27-16)13-18-7-19-22-13)20-15(26)11-5-9(12(17)25)6-24(11)3/h5-8,10H,4H2,1-3H3,(H2,17,25)(H,20,26)(H,18,19,22). The van der Waals surface area contributed by atoms with Crippen LogP contribution in [0.4, 0.5) is 0 Å². The van der Waals surface area contributed by atoms with E-state index in [2.05, 4.69) is 30.6 Å². The van der Waals surface area contributed by atoms with Gasteiger partial charge in [-0.3, -0.25) is 14.7 Å². The summed E-state index contributed by atoms with van der Waals surface area (Å²) < 4.78 is 6.85. The van der Waals surface area contributed by atoms with E-state index in [9.17, 15) is 9.59 Å². The Hall–Kier alpha value is -3.50. The summed E-state index contributed by atoms with van der Waals surface area (Å²) in [6, 6.07) is 0.936. The van der Waals surface area contributed by atoms with Gasteiger partial charge in [-0.15, -0.1) is 0 Å². The third-order valence-corrected chi connectivity index (χ3v) is 3.90. The predicted octanol–water partition coefficient (Wildman–Crippen LogP) is 0.809. The Balaban J connectivity index is 1.83. The van der Waals surface area contributed by atoms with Crippen LogP contribution in [0.3, 0.4) is 0 Å². The van der Waals surface area contributed by atoms with Gasteiger partial charge in [-0.2, -0.15) is 10.1 Å². The molecule has 11 heteroatoms. The number of aromatic amines is 1. The fourth-order valence-corrected chi connectivity index (χ4v) is 2.64. The van der Waals surface area contributed by atoms with E-state index in [-0.39, 0.29) is 29.1 Å². The zero-order valence-corrected chi connectivity index (χ0v) is 15.1. The molecular weight excluding hydrogens is 352 g/mol. The van der Waals surface area contributed by atoms with Crippen LogP contribution >= 0.6 is 0 Å². The predicted molar refractivity (Wildman–Crippen MR) is 93.3 cm³/mol. The minimum atomic E-state index is -0.600. The quantitative estimate of drug-likeness (QED) is 0.553. The van der Waals surface area contributed by atoms with Crippen molar-refractivity contribution in [1.82, 2.24) is 35.2 Å². The number of aryl methyl sites for hydroxylation is 1. The van der Waals surface area contributed by atoms with Crippen LogP contribution in [0.5, 0.6) is 0 Å². The van der Waals surface area contributed by atoms with Gasteiger partial charge in [0.15, 0.2) is 5.82 Å². The molecule has 0 saturated heterocycles. The van der Waals surface area contributed by atoms with Crippen LogP contribution in [0.25, 0.3) is 11.6 Å². The zero-order chi connectivity index (χ0) is 19.6. The van der Waals surface area contributed by atoms with Crippen LogP contribution in [-0.4, -0.2) is 41.7 Å². The number of nitrogens with one attached hydrogen (secondary N) is 2. The highest BCUT2D eigenvalue weighted by molar-refractivity contribution is 5.98. The van der Waals surface area contributed by atoms with Gasteiger partial charge in [0.2, 0.25) is 17.6 Å². The van der Waals surface area contributed by atoms with Crippen molar-refractivity contribution in [2.24, 2.45) is 18.7 Å². The summed E-state index contributed by atoms with van der Waals surface area (Å²) in [5, 5.41) is 13.2. The minimum absolute atomic E-state index is 0.250. The van der Waals surface area contributed by atoms with Crippen molar-refractivity contribution in [2.45, 2.75) is 26.3 Å². The third-order valence-electron chi connectivity index (χ3n) is 3.90. The van der Waals surface area contributed by atoms with Crippen LogP contribution in [0.1, 0.15) is 53.0 Å². The second kappa shape index (κ2) is 7.40. The Morgan fingerprint density at radius 3 is 2.78 bits per heavy atom. The molecule has 1 unspecified atom stereocenters. The number of rotatable bonds is 7. The van der Waals surface area contributed by atoms with Gasteiger partial charge in [0.1, 0.15) is 18.1 Å². The van der Waals surface area contributed by atoms with Gasteiger partial charge in [-0.25, -0.2) is 4.98 Å². The largest absolute Gasteiger partial charge is 0.366 e. The van der Waals surface area contributed by atoms with Gasteiger partial charge in [0, 0.05) is 13.2 Å². The number of carbonyl (C=O) groups is 2. The summed E-state index contributed by atoms with van der Waals surface area (Å²) in [6.45, 7) is 4.03. The molecule has 142 valence electrons. The van der Waals surface area contributed by atoms with E-state index in [0.29, 0.717) is 17.9 Å². The molecule has 3 aromatic heterocycles. The van der Waals surface area contributed by atoms with Crippen LogP contribution in [0.2, 0.25) is 0 Å². The van der Waals surface area contributed by atoms with Crippen molar-refractivity contribution in [3.8, 4) is 11.6 Å². The summed E-state index contributed by atoms with van der Waals surface area (Å²) >= 11 is 0. The Morgan fingerprint density at radius 1 is 1.41 bits per heavy atom. The second-order valence-electron chi connectivity index (χ2n) is 6.54. The molecule has 3 aromatic rings. The number of hydrogen-bond acceptors (Lipinski definition) is 7. The molecule has 0 bridgehead atoms. The summed E-state index contributed by atoms with van der Waals surface area (Å²) in [6.07, 6.45) is 3.42. The van der Waals surface area contributed by atoms with Gasteiger partial charge in [-0.1, -0.05) is 19.0 Å². The van der Waals surface area contributed by atoms with E-state index >= 15 is 0 Å². The molecule has 0 aromatic carbocycles. The molecule has 0 aliphatic carbocycles. The molecule has 0 aliphatic rings. The van der Waals surface area contributed by atoms with Crippen LogP contribution in [0.15, 0.2) is 23.1 Å². The lowest BCUT2D eigenvalue weighted by Crippen LogP contribution is -2.31. The lowest BCUT2D eigenvalue weighted by atomic mass is 10.0. The average Bonchev–Trinajstić information content (AvgIpc) is 3.33. The summed E-state index contributed by atoms with van der Waals surface area (Å²) in [7, 11) is 1.66. The first-order valence-corrected chi connectivity index (χ1v) is 8.31. The zero-order valence-electron chi connectivity index (χ0n) is 15.1. The first kappa shape index (κ1) is 18.3. The van der Waals surface area contributed by atoms with Gasteiger partial charge >= 0.3 is 0 Å². The number of hydrogen-bond donors (Lipinski definition) is 3. The fraction of sp³-hybridized carbons (Fsp3) is 0.375. The van der Waals surface area contributed by atoms with Crippen molar-refractivity contribution in [1.29, 1.82) is 0 Å². The van der Waals surface area contributed by atoms with E-state index < -0.39 is 11.9 Å². The second-order valence-corrected chi connectivity index (χ2v) is 6.54. The number of nitrogens with two attached hydrogens (primary N) is 1. The lowest BCUT2D eigenvalue weighted by molar-refractivity contribution is 0.0913. The van der Waals surface area contributed by atoms with Crippen LogP contribution < -0.4 is 11.1 Å². The van der Waals surface area contributed by atoms with Crippen molar-refractivity contribution in [3.63, 3.8) is 0 Å². The number of aromatic nitrogens is 6. The lowest BCUT2D eigenvalue weighted by Gasteiger charge is -2.17. The number of carbonyl (C=O) groups excluding carboxylic acids is 2. The highest BCUT2D eigenvalue weighted by atomic mass is 16.5. The van der Waals surface area contributed by atoms with E-state index in [1.807, 2.05) is 13.8 Å². The number of amides is 2. The Morgan fingerprint density at radius 2 is 2.19 bits per heavy atom. The number of H-pyrrole nitrogens is 1. The first-order chi connectivity index (χ1) is 12.8. The molecule has 0 fully saturated rings. The summed E-state index contributed by atoms with van der Waals surface area (Å²) in [5.74, 6) is 0.152. The SMILES string of the molecule is CC(C)CC(NC(=O)c1cc(C(N)=O)cn1C)c1nc(-c2ncn[nH]2)no1. The molecule has 4 N–H and O–H groups in total. The van der Waals surface area contributed by atoms with E-state index in [1.165, 1.54) is 23.2 Å². The monoisotopic (exact) mass is 372 g/mol. The van der Waals surface area contributed by atoms with E-state index in [4.69, 9.17) is 10.3 Å². The summed E-state index contributed by atoms with van der Waals surface area (Å²) in [4.78, 5) is 32.3. The van der Waals surface area contributed by atoms with Crippen molar-refractivity contribution in [3.05, 3.63) is 35.7 Å². The van der Waals surface area contributed by atoms with Crippen LogP contribution in [-0.2, 0) is 7.05 Å². The highest BCUT2D eigenvalue weighted by Gasteiger charge is 2.25. The molecule has 1 atom stereocenters. The molecule has 2 amide bonds. The fourth-order valence-electron chi connectivity index (χ4n) is 2.64. The van der Waals surface area contributed by atoms with Gasteiger partial charge in [0.25, 0.3) is 5.91 Å². The van der Waals surface area contributed by atoms with Crippen molar-refractivity contribution >= 4 is 11.8 Å². The Labute approximate surface area is 154 Å². The molecule has 0 spiro atoms. The maximum absolute atomic E-state index is 12.7. The topological polar surface area (TPSA) is 158 Å². The maximum atomic E-state index is 12.7. The number of nitrogens with zero attached hydrogens (tertiary/aromatic N) is 5. The molecule has 3 heterocycles. The summed E-state index contributed by atoms with van der Waals surface area (Å²) in [5.41, 5.74) is 5.83. The maximum Gasteiger partial charge on any atom is 0.268 e. The third kappa shape index (κ3) is 4.02. The Bertz CT molecular complexity index is 941. The van der Waals surface area contributed by atoms with Crippen LogP contribution in [0, 0.1) is 5.92 Å². The Kier molecular flexibility index (Phi) is 5.01. The van der Waals surface area contributed by atoms with Gasteiger partial charge < -0.3 is 20.1 Å². The molecule has 0 radical (unpaired) electrons. The molecule has 3 rings (SSSR count). The first-order valence-electron chi connectivity index (χ1n) is 8.31. The van der Waals surface area contributed by atoms with E-state index in [0.717, 1.165) is 0 Å². The van der Waals surface area contributed by atoms with E-state index in [1.54, 1.807) is 7.05 Å². The molecule has 27 heavy (non-hydrogen) atoms. The smallest absolute Gasteiger partial charge is 0.268 e. The van der Waals surface area contributed by atoms with Gasteiger partial charge in [0.05, 0.1) is 5.56 Å². The van der Waals surface area contributed by atoms with Crippen molar-refractivity contribution in [2.75, 3.05) is 0 Å². The molecule has 0 saturated carbocycles. The number of primary amides is 1. The average molecular weight is 372 g/mol. The van der Waals surface area contributed by atoms with Gasteiger partial charge in [-0.05, 0) is 18.4 Å². The van der Waals surface area contributed by atoms with Crippen molar-refractivity contribution < 1.29 is 14.1 Å². The molecular formula is C16H20N8O3. The molecule has 11 nitrogen and oxygen atoms in total. The highest BCUT2D eigenvalue weighted by Crippen LogP contribution is 2.22. The normalized spacial score (nSPS) is 12.3. The minimum Gasteiger partial charge on any atom is -0.366 e. The molecule has 0 aliphatic heterocycles.